The topological polar surface area (TPSA) is 24.9 Å². The van der Waals surface area contributed by atoms with Gasteiger partial charge in [-0.3, -0.25) is 0 Å². The first kappa shape index (κ1) is 14.0. The van der Waals surface area contributed by atoms with Crippen molar-refractivity contribution in [1.82, 2.24) is 4.98 Å². The van der Waals surface area contributed by atoms with Crippen LogP contribution < -0.4 is 5.32 Å². The van der Waals surface area contributed by atoms with Crippen LogP contribution >= 0.6 is 43.2 Å². The lowest BCUT2D eigenvalue weighted by molar-refractivity contribution is 1.38. The summed E-state index contributed by atoms with van der Waals surface area (Å²) in [5, 5.41) is 4.29. The number of nitrogens with zero attached hydrogens (tertiary/aromatic N) is 1. The minimum atomic E-state index is 0.899. The van der Waals surface area contributed by atoms with E-state index in [1.807, 2.05) is 0 Å². The Bertz CT molecular complexity index is 773. The highest BCUT2D eigenvalue weighted by molar-refractivity contribution is 9.11. The van der Waals surface area contributed by atoms with Crippen LogP contribution in [-0.2, 0) is 0 Å². The van der Waals surface area contributed by atoms with Crippen molar-refractivity contribution in [2.75, 3.05) is 5.32 Å². The fraction of sp³-hybridized carbons (Fsp3) is 0.133. The summed E-state index contributed by atoms with van der Waals surface area (Å²) in [5.74, 6) is 0. The second kappa shape index (κ2) is 5.47. The fourth-order valence-corrected chi connectivity index (χ4v) is 4.48. The highest BCUT2D eigenvalue weighted by atomic mass is 79.9. The Morgan fingerprint density at radius 2 is 1.70 bits per heavy atom. The smallest absolute Gasteiger partial charge is 0.188 e. The van der Waals surface area contributed by atoms with E-state index in [9.17, 15) is 0 Å². The lowest BCUT2D eigenvalue weighted by Gasteiger charge is -2.09. The van der Waals surface area contributed by atoms with Gasteiger partial charge in [-0.1, -0.05) is 17.4 Å². The third-order valence-electron chi connectivity index (χ3n) is 2.96. The zero-order valence-corrected chi connectivity index (χ0v) is 15.0. The number of benzene rings is 2. The Hall–Kier alpha value is -0.910. The lowest BCUT2D eigenvalue weighted by Crippen LogP contribution is -1.92. The van der Waals surface area contributed by atoms with E-state index in [1.54, 1.807) is 11.3 Å². The molecule has 3 rings (SSSR count). The zero-order valence-electron chi connectivity index (χ0n) is 11.0. The number of thiazole rings is 1. The number of hydrogen-bond acceptors (Lipinski definition) is 3. The molecule has 0 fully saturated rings. The largest absolute Gasteiger partial charge is 0.330 e. The molecule has 0 spiro atoms. The maximum atomic E-state index is 4.64. The number of halogens is 2. The standard InChI is InChI=1S/C15H12Br2N2S/c1-8-3-4-13-12(7-8)18-15(20-13)19-14-10(16)5-9(2)6-11(14)17/h3-7H,1-2H3,(H,18,19). The molecule has 0 amide bonds. The number of nitrogens with one attached hydrogen (secondary N) is 1. The highest BCUT2D eigenvalue weighted by Crippen LogP contribution is 2.36. The van der Waals surface area contributed by atoms with E-state index < -0.39 is 0 Å². The van der Waals surface area contributed by atoms with E-state index in [1.165, 1.54) is 15.8 Å². The van der Waals surface area contributed by atoms with E-state index in [-0.39, 0.29) is 0 Å². The van der Waals surface area contributed by atoms with Gasteiger partial charge in [-0.05, 0) is 81.1 Å². The minimum absolute atomic E-state index is 0.899. The summed E-state index contributed by atoms with van der Waals surface area (Å²) >= 11 is 8.85. The molecule has 0 saturated heterocycles. The van der Waals surface area contributed by atoms with Gasteiger partial charge in [-0.25, -0.2) is 4.98 Å². The highest BCUT2D eigenvalue weighted by Gasteiger charge is 2.10. The molecule has 20 heavy (non-hydrogen) atoms. The van der Waals surface area contributed by atoms with Crippen LogP contribution in [0.4, 0.5) is 10.8 Å². The molecule has 102 valence electrons. The van der Waals surface area contributed by atoms with Crippen LogP contribution in [0, 0.1) is 13.8 Å². The van der Waals surface area contributed by atoms with Gasteiger partial charge in [0.1, 0.15) is 0 Å². The molecule has 0 unspecified atom stereocenters. The second-order valence-corrected chi connectivity index (χ2v) is 7.46. The molecule has 1 aromatic heterocycles. The number of aromatic nitrogens is 1. The quantitative estimate of drug-likeness (QED) is 0.544. The first-order valence-corrected chi connectivity index (χ1v) is 8.53. The first-order valence-electron chi connectivity index (χ1n) is 6.13. The average molecular weight is 412 g/mol. The van der Waals surface area contributed by atoms with Gasteiger partial charge in [-0.2, -0.15) is 0 Å². The Labute approximate surface area is 138 Å². The van der Waals surface area contributed by atoms with Crippen molar-refractivity contribution in [3.05, 3.63) is 50.4 Å². The van der Waals surface area contributed by atoms with Crippen LogP contribution in [0.15, 0.2) is 39.3 Å². The molecule has 1 N–H and O–H groups in total. The summed E-state index contributed by atoms with van der Waals surface area (Å²) in [6.07, 6.45) is 0. The summed E-state index contributed by atoms with van der Waals surface area (Å²) < 4.78 is 3.25. The maximum absolute atomic E-state index is 4.64. The SMILES string of the molecule is Cc1cc(Br)c(Nc2nc3cc(C)ccc3s2)c(Br)c1. The number of hydrogen-bond donors (Lipinski definition) is 1. The van der Waals surface area contributed by atoms with E-state index in [2.05, 4.69) is 86.3 Å². The predicted octanol–water partition coefficient (Wildman–Crippen LogP) is 6.18. The molecule has 0 bridgehead atoms. The summed E-state index contributed by atoms with van der Waals surface area (Å²) in [6, 6.07) is 10.5. The van der Waals surface area contributed by atoms with Gasteiger partial charge in [0.15, 0.2) is 5.13 Å². The Morgan fingerprint density at radius 3 is 2.40 bits per heavy atom. The fourth-order valence-electron chi connectivity index (χ4n) is 2.02. The molecule has 0 aliphatic heterocycles. The zero-order chi connectivity index (χ0) is 14.3. The molecule has 0 aliphatic rings. The van der Waals surface area contributed by atoms with Crippen molar-refractivity contribution in [1.29, 1.82) is 0 Å². The van der Waals surface area contributed by atoms with Gasteiger partial charge in [0, 0.05) is 8.95 Å². The van der Waals surface area contributed by atoms with E-state index in [0.717, 1.165) is 25.3 Å². The summed E-state index contributed by atoms with van der Waals surface area (Å²) in [6.45, 7) is 4.15. The van der Waals surface area contributed by atoms with Crippen LogP contribution in [-0.4, -0.2) is 4.98 Å². The molecule has 0 aliphatic carbocycles. The molecule has 0 atom stereocenters. The van der Waals surface area contributed by atoms with Crippen molar-refractivity contribution in [3.63, 3.8) is 0 Å². The van der Waals surface area contributed by atoms with Crippen LogP contribution in [0.2, 0.25) is 0 Å². The molecule has 0 radical (unpaired) electrons. The van der Waals surface area contributed by atoms with E-state index in [0.29, 0.717) is 0 Å². The number of anilines is 2. The van der Waals surface area contributed by atoms with E-state index in [4.69, 9.17) is 0 Å². The van der Waals surface area contributed by atoms with Crippen LogP contribution in [0.5, 0.6) is 0 Å². The third-order valence-corrected chi connectivity index (χ3v) is 5.16. The Kier molecular flexibility index (Phi) is 3.84. The average Bonchev–Trinajstić information content (AvgIpc) is 2.75. The summed E-state index contributed by atoms with van der Waals surface area (Å²) in [7, 11) is 0. The normalized spacial score (nSPS) is 11.0. The maximum Gasteiger partial charge on any atom is 0.188 e. The lowest BCUT2D eigenvalue weighted by atomic mass is 10.2. The predicted molar refractivity (Wildman–Crippen MR) is 94.2 cm³/mol. The van der Waals surface area contributed by atoms with Gasteiger partial charge < -0.3 is 5.32 Å². The molecule has 5 heteroatoms. The van der Waals surface area contributed by atoms with Gasteiger partial charge in [0.25, 0.3) is 0 Å². The monoisotopic (exact) mass is 410 g/mol. The molecule has 0 saturated carbocycles. The van der Waals surface area contributed by atoms with Gasteiger partial charge in [-0.15, -0.1) is 0 Å². The Balaban J connectivity index is 2.01. The molecular formula is C15H12Br2N2S. The third kappa shape index (κ3) is 2.75. The van der Waals surface area contributed by atoms with Crippen molar-refractivity contribution < 1.29 is 0 Å². The van der Waals surface area contributed by atoms with Crippen LogP contribution in [0.1, 0.15) is 11.1 Å². The van der Waals surface area contributed by atoms with Crippen LogP contribution in [0.25, 0.3) is 10.2 Å². The van der Waals surface area contributed by atoms with Crippen molar-refractivity contribution >= 4 is 64.2 Å². The molecular weight excluding hydrogens is 400 g/mol. The number of aryl methyl sites for hydroxylation is 2. The summed E-state index contributed by atoms with van der Waals surface area (Å²) in [4.78, 5) is 4.64. The molecule has 2 aromatic carbocycles. The van der Waals surface area contributed by atoms with Crippen molar-refractivity contribution in [2.24, 2.45) is 0 Å². The second-order valence-electron chi connectivity index (χ2n) is 4.72. The summed E-state index contributed by atoms with van der Waals surface area (Å²) in [5.41, 5.74) is 4.48. The number of fused-ring (bicyclic) bond motifs is 1. The van der Waals surface area contributed by atoms with Gasteiger partial charge in [0.2, 0.25) is 0 Å². The molecule has 3 aromatic rings. The Morgan fingerprint density at radius 1 is 1.00 bits per heavy atom. The van der Waals surface area contributed by atoms with Crippen LogP contribution in [0.3, 0.4) is 0 Å². The van der Waals surface area contributed by atoms with Crippen molar-refractivity contribution in [3.8, 4) is 0 Å². The van der Waals surface area contributed by atoms with Crippen molar-refractivity contribution in [2.45, 2.75) is 13.8 Å². The van der Waals surface area contributed by atoms with E-state index >= 15 is 0 Å². The van der Waals surface area contributed by atoms with Gasteiger partial charge >= 0.3 is 0 Å². The first-order chi connectivity index (χ1) is 9.52. The molecule has 1 heterocycles. The molecule has 2 nitrogen and oxygen atoms in total. The minimum Gasteiger partial charge on any atom is -0.330 e. The number of rotatable bonds is 2. The van der Waals surface area contributed by atoms with Gasteiger partial charge in [0.05, 0.1) is 15.9 Å².